The predicted molar refractivity (Wildman–Crippen MR) is 64.1 cm³/mol. The van der Waals surface area contributed by atoms with Crippen LogP contribution in [0.1, 0.15) is 47.0 Å². The van der Waals surface area contributed by atoms with Crippen molar-refractivity contribution >= 4 is 5.97 Å². The fraction of sp³-hybridized carbons (Fsp3) is 0.786. The monoisotopic (exact) mass is 222 g/mol. The van der Waals surface area contributed by atoms with Crippen LogP contribution in [0.3, 0.4) is 0 Å². The average Bonchev–Trinajstić information content (AvgIpc) is 2.23. The predicted octanol–water partition coefficient (Wildman–Crippen LogP) is 3.48. The van der Waals surface area contributed by atoms with Crippen LogP contribution in [0.25, 0.3) is 0 Å². The van der Waals surface area contributed by atoms with Gasteiger partial charge in [0.25, 0.3) is 0 Å². The summed E-state index contributed by atoms with van der Waals surface area (Å²) in [5, 5.41) is 9.32. The highest BCUT2D eigenvalue weighted by atomic mass is 16.4. The molecule has 2 heteroatoms. The van der Waals surface area contributed by atoms with Crippen molar-refractivity contribution in [2.75, 3.05) is 0 Å². The third kappa shape index (κ3) is 1.59. The molecule has 2 rings (SSSR count). The van der Waals surface area contributed by atoms with Crippen LogP contribution in [-0.2, 0) is 4.79 Å². The quantitative estimate of drug-likeness (QED) is 0.690. The lowest BCUT2D eigenvalue weighted by Gasteiger charge is -2.52. The Morgan fingerprint density at radius 1 is 1.44 bits per heavy atom. The van der Waals surface area contributed by atoms with Crippen LogP contribution < -0.4 is 0 Å². The van der Waals surface area contributed by atoms with Gasteiger partial charge in [-0.05, 0) is 50.4 Å². The maximum atomic E-state index is 11.3. The first-order chi connectivity index (χ1) is 7.26. The Labute approximate surface area is 97.7 Å². The molecule has 2 aliphatic rings. The minimum atomic E-state index is -0.675. The minimum Gasteiger partial charge on any atom is -0.481 e. The van der Waals surface area contributed by atoms with E-state index >= 15 is 0 Å². The molecule has 0 heterocycles. The molecular formula is C14H22O2. The maximum absolute atomic E-state index is 11.3. The third-order valence-electron chi connectivity index (χ3n) is 4.83. The molecule has 16 heavy (non-hydrogen) atoms. The van der Waals surface area contributed by atoms with Gasteiger partial charge in [-0.1, -0.05) is 25.5 Å². The Kier molecular flexibility index (Phi) is 2.45. The first-order valence-corrected chi connectivity index (χ1v) is 6.19. The van der Waals surface area contributed by atoms with Crippen molar-refractivity contribution in [1.82, 2.24) is 0 Å². The van der Waals surface area contributed by atoms with Crippen molar-refractivity contribution in [1.29, 1.82) is 0 Å². The van der Waals surface area contributed by atoms with Gasteiger partial charge in [0.2, 0.25) is 0 Å². The molecule has 0 spiro atoms. The van der Waals surface area contributed by atoms with Crippen LogP contribution in [0, 0.1) is 22.7 Å². The summed E-state index contributed by atoms with van der Waals surface area (Å²) in [7, 11) is 0. The van der Waals surface area contributed by atoms with E-state index in [1.165, 1.54) is 12.0 Å². The van der Waals surface area contributed by atoms with Gasteiger partial charge in [-0.3, -0.25) is 4.79 Å². The molecule has 0 bridgehead atoms. The second-order valence-electron chi connectivity index (χ2n) is 6.56. The molecule has 90 valence electrons. The van der Waals surface area contributed by atoms with E-state index in [1.807, 2.05) is 13.0 Å². The molecule has 1 saturated carbocycles. The number of carbonyl (C=O) groups is 1. The third-order valence-corrected chi connectivity index (χ3v) is 4.83. The largest absolute Gasteiger partial charge is 0.481 e. The van der Waals surface area contributed by atoms with Gasteiger partial charge in [0.15, 0.2) is 0 Å². The van der Waals surface area contributed by atoms with E-state index < -0.39 is 11.4 Å². The van der Waals surface area contributed by atoms with Crippen molar-refractivity contribution in [3.05, 3.63) is 11.6 Å². The van der Waals surface area contributed by atoms with Gasteiger partial charge in [0, 0.05) is 0 Å². The Morgan fingerprint density at radius 3 is 2.56 bits per heavy atom. The summed E-state index contributed by atoms with van der Waals surface area (Å²) in [6, 6.07) is 0. The molecule has 0 aromatic rings. The standard InChI is InChI=1S/C14H22O2/c1-9-7-14(4,12(15)16)6-5-11-10(9)8-13(11,2)3/h7,10-11H,5-6,8H2,1-4H3,(H,15,16)/t10-,11-,14+/m1/s1. The van der Waals surface area contributed by atoms with E-state index in [4.69, 9.17) is 0 Å². The lowest BCUT2D eigenvalue weighted by Crippen LogP contribution is -2.43. The first kappa shape index (κ1) is 11.7. The van der Waals surface area contributed by atoms with Crippen LogP contribution in [0.5, 0.6) is 0 Å². The Hall–Kier alpha value is -0.790. The highest BCUT2D eigenvalue weighted by Crippen LogP contribution is 2.58. The number of rotatable bonds is 1. The van der Waals surface area contributed by atoms with Gasteiger partial charge >= 0.3 is 5.97 Å². The molecule has 0 aromatic heterocycles. The Balaban J connectivity index is 2.27. The van der Waals surface area contributed by atoms with Crippen molar-refractivity contribution in [2.24, 2.45) is 22.7 Å². The minimum absolute atomic E-state index is 0.406. The van der Waals surface area contributed by atoms with Gasteiger partial charge < -0.3 is 5.11 Å². The summed E-state index contributed by atoms with van der Waals surface area (Å²) in [6.07, 6.45) is 5.06. The molecule has 1 fully saturated rings. The second-order valence-corrected chi connectivity index (χ2v) is 6.56. The maximum Gasteiger partial charge on any atom is 0.313 e. The Morgan fingerprint density at radius 2 is 2.06 bits per heavy atom. The summed E-state index contributed by atoms with van der Waals surface area (Å²) in [5.41, 5.74) is 1.06. The normalized spacial score (nSPS) is 41.4. The van der Waals surface area contributed by atoms with Gasteiger partial charge in [-0.2, -0.15) is 0 Å². The fourth-order valence-electron chi connectivity index (χ4n) is 3.62. The zero-order valence-corrected chi connectivity index (χ0v) is 10.7. The number of fused-ring (bicyclic) bond motifs is 1. The smallest absolute Gasteiger partial charge is 0.313 e. The summed E-state index contributed by atoms with van der Waals surface area (Å²) < 4.78 is 0. The summed E-state index contributed by atoms with van der Waals surface area (Å²) in [6.45, 7) is 8.59. The van der Waals surface area contributed by atoms with Gasteiger partial charge in [-0.25, -0.2) is 0 Å². The van der Waals surface area contributed by atoms with Crippen LogP contribution in [0.2, 0.25) is 0 Å². The molecule has 2 nitrogen and oxygen atoms in total. The average molecular weight is 222 g/mol. The number of carboxylic acid groups (broad SMARTS) is 1. The highest BCUT2D eigenvalue weighted by Gasteiger charge is 2.50. The summed E-state index contributed by atoms with van der Waals surface area (Å²) in [5.74, 6) is 0.645. The van der Waals surface area contributed by atoms with Crippen molar-refractivity contribution < 1.29 is 9.90 Å². The van der Waals surface area contributed by atoms with Gasteiger partial charge in [-0.15, -0.1) is 0 Å². The zero-order valence-electron chi connectivity index (χ0n) is 10.7. The van der Waals surface area contributed by atoms with E-state index in [0.717, 1.165) is 12.8 Å². The van der Waals surface area contributed by atoms with Gasteiger partial charge in [0.1, 0.15) is 0 Å². The SMILES string of the molecule is CC1=C[C@@](C)(C(=O)O)CC[C@@H]2[C@@H]1CC2(C)C. The number of hydrogen-bond acceptors (Lipinski definition) is 1. The lowest BCUT2D eigenvalue weighted by molar-refractivity contribution is -0.145. The van der Waals surface area contributed by atoms with Crippen molar-refractivity contribution in [3.8, 4) is 0 Å². The van der Waals surface area contributed by atoms with Gasteiger partial charge in [0.05, 0.1) is 5.41 Å². The van der Waals surface area contributed by atoms with Crippen LogP contribution in [0.15, 0.2) is 11.6 Å². The number of carboxylic acids is 1. The fourth-order valence-corrected chi connectivity index (χ4v) is 3.62. The molecule has 3 atom stereocenters. The van der Waals surface area contributed by atoms with Crippen LogP contribution >= 0.6 is 0 Å². The molecule has 1 N–H and O–H groups in total. The summed E-state index contributed by atoms with van der Waals surface area (Å²) in [4.78, 5) is 11.3. The molecular weight excluding hydrogens is 200 g/mol. The van der Waals surface area contributed by atoms with E-state index in [2.05, 4.69) is 20.8 Å². The molecule has 0 aromatic carbocycles. The second kappa shape index (κ2) is 3.35. The number of hydrogen-bond donors (Lipinski definition) is 1. The molecule has 0 unspecified atom stereocenters. The van der Waals surface area contributed by atoms with Crippen LogP contribution in [0.4, 0.5) is 0 Å². The lowest BCUT2D eigenvalue weighted by atomic mass is 9.53. The zero-order chi connectivity index (χ0) is 12.1. The van der Waals surface area contributed by atoms with Crippen molar-refractivity contribution in [2.45, 2.75) is 47.0 Å². The molecule has 0 amide bonds. The molecule has 0 radical (unpaired) electrons. The van der Waals surface area contributed by atoms with E-state index in [0.29, 0.717) is 17.3 Å². The molecule has 0 saturated heterocycles. The van der Waals surface area contributed by atoms with E-state index in [1.54, 1.807) is 0 Å². The van der Waals surface area contributed by atoms with E-state index in [9.17, 15) is 9.90 Å². The molecule has 0 aliphatic heterocycles. The summed E-state index contributed by atoms with van der Waals surface area (Å²) >= 11 is 0. The first-order valence-electron chi connectivity index (χ1n) is 6.19. The van der Waals surface area contributed by atoms with Crippen LogP contribution in [-0.4, -0.2) is 11.1 Å². The Bertz CT molecular complexity index is 354. The van der Waals surface area contributed by atoms with Crippen molar-refractivity contribution in [3.63, 3.8) is 0 Å². The topological polar surface area (TPSA) is 37.3 Å². The number of allylic oxidation sites excluding steroid dienone is 1. The highest BCUT2D eigenvalue weighted by molar-refractivity contribution is 5.76. The number of aliphatic carboxylic acids is 1. The van der Waals surface area contributed by atoms with E-state index in [-0.39, 0.29) is 0 Å². The molecule has 2 aliphatic carbocycles.